The van der Waals surface area contributed by atoms with Crippen molar-refractivity contribution in [3.8, 4) is 11.5 Å². The SMILES string of the molecule is O=C(c1cccc(Cl)c1)c1cccc2c1OCCO2. The number of carbonyl (C=O) groups excluding carboxylic acids is 1. The van der Waals surface area contributed by atoms with Gasteiger partial charge >= 0.3 is 0 Å². The molecule has 0 radical (unpaired) electrons. The molecule has 2 aromatic rings. The average molecular weight is 275 g/mol. The fourth-order valence-electron chi connectivity index (χ4n) is 2.04. The Morgan fingerprint density at radius 2 is 1.84 bits per heavy atom. The van der Waals surface area contributed by atoms with Gasteiger partial charge in [-0.15, -0.1) is 0 Å². The second-order valence-corrected chi connectivity index (χ2v) is 4.61. The van der Waals surface area contributed by atoms with Crippen LogP contribution in [0.5, 0.6) is 11.5 Å². The Bertz CT molecular complexity index is 637. The molecule has 0 amide bonds. The standard InChI is InChI=1S/C15H11ClO3/c16-11-4-1-3-10(9-11)14(17)12-5-2-6-13-15(12)19-8-7-18-13/h1-6,9H,7-8H2. The third-order valence-electron chi connectivity index (χ3n) is 2.90. The van der Waals surface area contributed by atoms with E-state index in [9.17, 15) is 4.79 Å². The van der Waals surface area contributed by atoms with Gasteiger partial charge in [0.2, 0.25) is 0 Å². The number of carbonyl (C=O) groups is 1. The lowest BCUT2D eigenvalue weighted by Crippen LogP contribution is -2.18. The molecule has 1 aliphatic rings. The summed E-state index contributed by atoms with van der Waals surface area (Å²) in [6, 6.07) is 12.2. The molecule has 96 valence electrons. The topological polar surface area (TPSA) is 35.5 Å². The molecule has 0 bridgehead atoms. The summed E-state index contributed by atoms with van der Waals surface area (Å²) in [4.78, 5) is 12.5. The average Bonchev–Trinajstić information content (AvgIpc) is 2.46. The summed E-state index contributed by atoms with van der Waals surface area (Å²) >= 11 is 5.91. The van der Waals surface area contributed by atoms with Crippen LogP contribution in [0.4, 0.5) is 0 Å². The second-order valence-electron chi connectivity index (χ2n) is 4.17. The number of hydrogen-bond donors (Lipinski definition) is 0. The van der Waals surface area contributed by atoms with E-state index in [1.54, 1.807) is 42.5 Å². The van der Waals surface area contributed by atoms with Crippen LogP contribution in [0, 0.1) is 0 Å². The van der Waals surface area contributed by atoms with Gasteiger partial charge < -0.3 is 9.47 Å². The minimum Gasteiger partial charge on any atom is -0.486 e. The van der Waals surface area contributed by atoms with Crippen LogP contribution < -0.4 is 9.47 Å². The van der Waals surface area contributed by atoms with Gasteiger partial charge in [0, 0.05) is 10.6 Å². The van der Waals surface area contributed by atoms with Crippen molar-refractivity contribution in [2.45, 2.75) is 0 Å². The maximum atomic E-state index is 12.5. The Labute approximate surface area is 115 Å². The molecule has 3 rings (SSSR count). The summed E-state index contributed by atoms with van der Waals surface area (Å²) in [6.45, 7) is 0.953. The van der Waals surface area contributed by atoms with Crippen LogP contribution in [-0.2, 0) is 0 Å². The van der Waals surface area contributed by atoms with Crippen LogP contribution in [0.3, 0.4) is 0 Å². The molecule has 4 heteroatoms. The smallest absolute Gasteiger partial charge is 0.196 e. The van der Waals surface area contributed by atoms with Gasteiger partial charge in [-0.2, -0.15) is 0 Å². The van der Waals surface area contributed by atoms with Crippen LogP contribution in [-0.4, -0.2) is 19.0 Å². The predicted octanol–water partition coefficient (Wildman–Crippen LogP) is 3.34. The predicted molar refractivity (Wildman–Crippen MR) is 72.3 cm³/mol. The van der Waals surface area contributed by atoms with Gasteiger partial charge in [-0.1, -0.05) is 29.8 Å². The summed E-state index contributed by atoms with van der Waals surface area (Å²) in [7, 11) is 0. The van der Waals surface area contributed by atoms with Gasteiger partial charge in [0.25, 0.3) is 0 Å². The summed E-state index contributed by atoms with van der Waals surface area (Å²) in [5.41, 5.74) is 1.04. The zero-order chi connectivity index (χ0) is 13.2. The number of hydrogen-bond acceptors (Lipinski definition) is 3. The van der Waals surface area contributed by atoms with Crippen molar-refractivity contribution in [1.82, 2.24) is 0 Å². The minimum absolute atomic E-state index is 0.121. The molecular formula is C15H11ClO3. The molecule has 19 heavy (non-hydrogen) atoms. The molecule has 1 aliphatic heterocycles. The molecule has 0 aromatic heterocycles. The summed E-state index contributed by atoms with van der Waals surface area (Å²) in [5.74, 6) is 1.00. The number of benzene rings is 2. The lowest BCUT2D eigenvalue weighted by molar-refractivity contribution is 0.102. The fraction of sp³-hybridized carbons (Fsp3) is 0.133. The van der Waals surface area contributed by atoms with Crippen molar-refractivity contribution in [1.29, 1.82) is 0 Å². The lowest BCUT2D eigenvalue weighted by atomic mass is 10.0. The van der Waals surface area contributed by atoms with E-state index >= 15 is 0 Å². The first-order valence-electron chi connectivity index (χ1n) is 5.94. The summed E-state index contributed by atoms with van der Waals surface area (Å²) in [5, 5.41) is 0.535. The molecule has 0 saturated heterocycles. The highest BCUT2D eigenvalue weighted by atomic mass is 35.5. The summed E-state index contributed by atoms with van der Waals surface area (Å²) < 4.78 is 11.0. The van der Waals surface area contributed by atoms with Gasteiger partial charge in [-0.3, -0.25) is 4.79 Å². The van der Waals surface area contributed by atoms with Gasteiger partial charge in [0.1, 0.15) is 13.2 Å². The lowest BCUT2D eigenvalue weighted by Gasteiger charge is -2.20. The zero-order valence-electron chi connectivity index (χ0n) is 10.1. The van der Waals surface area contributed by atoms with Gasteiger partial charge in [-0.05, 0) is 24.3 Å². The Morgan fingerprint density at radius 3 is 2.68 bits per heavy atom. The van der Waals surface area contributed by atoms with Crippen LogP contribution in [0.25, 0.3) is 0 Å². The normalized spacial score (nSPS) is 13.1. The molecule has 0 N–H and O–H groups in total. The maximum Gasteiger partial charge on any atom is 0.196 e. The Kier molecular flexibility index (Phi) is 3.13. The Balaban J connectivity index is 2.05. The number of rotatable bonds is 2. The molecule has 0 aliphatic carbocycles. The van der Waals surface area contributed by atoms with E-state index in [-0.39, 0.29) is 5.78 Å². The van der Waals surface area contributed by atoms with Gasteiger partial charge in [0.05, 0.1) is 5.56 Å². The second kappa shape index (κ2) is 4.94. The number of ketones is 1. The molecular weight excluding hydrogens is 264 g/mol. The van der Waals surface area contributed by atoms with Crippen molar-refractivity contribution in [3.05, 3.63) is 58.6 Å². The van der Waals surface area contributed by atoms with E-state index in [0.29, 0.717) is 40.9 Å². The highest BCUT2D eigenvalue weighted by Crippen LogP contribution is 2.34. The zero-order valence-corrected chi connectivity index (χ0v) is 10.8. The number of halogens is 1. The monoisotopic (exact) mass is 274 g/mol. The van der Waals surface area contributed by atoms with Crippen molar-refractivity contribution in [2.75, 3.05) is 13.2 Å². The molecule has 0 spiro atoms. The third kappa shape index (κ3) is 2.29. The number of fused-ring (bicyclic) bond motifs is 1. The molecule has 2 aromatic carbocycles. The van der Waals surface area contributed by atoms with Gasteiger partial charge in [-0.25, -0.2) is 0 Å². The van der Waals surface area contributed by atoms with E-state index < -0.39 is 0 Å². The molecule has 0 fully saturated rings. The van der Waals surface area contributed by atoms with Crippen molar-refractivity contribution in [3.63, 3.8) is 0 Å². The van der Waals surface area contributed by atoms with E-state index in [1.165, 1.54) is 0 Å². The largest absolute Gasteiger partial charge is 0.486 e. The quantitative estimate of drug-likeness (QED) is 0.788. The number of ether oxygens (including phenoxy) is 2. The first-order valence-corrected chi connectivity index (χ1v) is 6.32. The Hall–Kier alpha value is -2.00. The van der Waals surface area contributed by atoms with Gasteiger partial charge in [0.15, 0.2) is 17.3 Å². The molecule has 1 heterocycles. The van der Waals surface area contributed by atoms with E-state index in [2.05, 4.69) is 0 Å². The fourth-order valence-corrected chi connectivity index (χ4v) is 2.23. The first-order chi connectivity index (χ1) is 9.25. The Morgan fingerprint density at radius 1 is 1.05 bits per heavy atom. The van der Waals surface area contributed by atoms with Crippen LogP contribution >= 0.6 is 11.6 Å². The van der Waals surface area contributed by atoms with E-state index in [4.69, 9.17) is 21.1 Å². The third-order valence-corrected chi connectivity index (χ3v) is 3.13. The van der Waals surface area contributed by atoms with Crippen molar-refractivity contribution in [2.24, 2.45) is 0 Å². The molecule has 0 unspecified atom stereocenters. The van der Waals surface area contributed by atoms with Crippen LogP contribution in [0.15, 0.2) is 42.5 Å². The highest BCUT2D eigenvalue weighted by molar-refractivity contribution is 6.31. The van der Waals surface area contributed by atoms with Crippen LogP contribution in [0.2, 0.25) is 5.02 Å². The summed E-state index contributed by atoms with van der Waals surface area (Å²) in [6.07, 6.45) is 0. The minimum atomic E-state index is -0.121. The van der Waals surface area contributed by atoms with E-state index in [0.717, 1.165) is 0 Å². The first kappa shape index (κ1) is 12.1. The van der Waals surface area contributed by atoms with Crippen molar-refractivity contribution >= 4 is 17.4 Å². The van der Waals surface area contributed by atoms with E-state index in [1.807, 2.05) is 0 Å². The number of para-hydroxylation sites is 1. The molecule has 0 saturated carbocycles. The molecule has 0 atom stereocenters. The highest BCUT2D eigenvalue weighted by Gasteiger charge is 2.21. The maximum absolute atomic E-state index is 12.5. The van der Waals surface area contributed by atoms with Crippen molar-refractivity contribution < 1.29 is 14.3 Å². The molecule has 3 nitrogen and oxygen atoms in total. The van der Waals surface area contributed by atoms with Crippen LogP contribution in [0.1, 0.15) is 15.9 Å².